The molecule has 0 aliphatic carbocycles. The molecule has 0 spiro atoms. The van der Waals surface area contributed by atoms with Crippen molar-refractivity contribution in [2.75, 3.05) is 6.54 Å². The summed E-state index contributed by atoms with van der Waals surface area (Å²) in [6.45, 7) is 0.124. The van der Waals surface area contributed by atoms with E-state index in [1.54, 1.807) is 24.5 Å². The highest BCUT2D eigenvalue weighted by atomic mass is 79.9. The summed E-state index contributed by atoms with van der Waals surface area (Å²) >= 11 is 3.08. The Bertz CT molecular complexity index is 566. The van der Waals surface area contributed by atoms with Crippen molar-refractivity contribution in [1.82, 2.24) is 4.98 Å². The lowest BCUT2D eigenvalue weighted by atomic mass is 10.1. The molecule has 1 aromatic carbocycles. The maximum Gasteiger partial charge on any atom is 0.200 e. The van der Waals surface area contributed by atoms with Gasteiger partial charge >= 0.3 is 0 Å². The van der Waals surface area contributed by atoms with Crippen molar-refractivity contribution >= 4 is 15.9 Å². The molecule has 0 fully saturated rings. The number of benzene rings is 1. The van der Waals surface area contributed by atoms with Crippen molar-refractivity contribution in [2.45, 2.75) is 6.10 Å². The lowest BCUT2D eigenvalue weighted by molar-refractivity contribution is 0.201. The number of hydrogen-bond donors (Lipinski definition) is 1. The summed E-state index contributed by atoms with van der Waals surface area (Å²) in [7, 11) is 0. The van der Waals surface area contributed by atoms with Crippen LogP contribution in [-0.4, -0.2) is 11.5 Å². The predicted octanol–water partition coefficient (Wildman–Crippen LogP) is 3.20. The number of halogens is 3. The van der Waals surface area contributed by atoms with Gasteiger partial charge in [-0.15, -0.1) is 0 Å². The largest absolute Gasteiger partial charge is 0.481 e. The molecule has 0 saturated heterocycles. The summed E-state index contributed by atoms with van der Waals surface area (Å²) in [5, 5.41) is 0. The van der Waals surface area contributed by atoms with E-state index in [0.717, 1.165) is 6.07 Å². The van der Waals surface area contributed by atoms with E-state index in [0.29, 0.717) is 10.0 Å². The molecule has 1 atom stereocenters. The summed E-state index contributed by atoms with van der Waals surface area (Å²) in [6, 6.07) is 5.87. The van der Waals surface area contributed by atoms with Gasteiger partial charge in [-0.3, -0.25) is 4.98 Å². The minimum atomic E-state index is -1.04. The fourth-order valence-corrected chi connectivity index (χ4v) is 2.00. The molecular formula is C13H11BrF2N2O. The Morgan fingerprint density at radius 3 is 2.79 bits per heavy atom. The van der Waals surface area contributed by atoms with E-state index in [2.05, 4.69) is 20.9 Å². The second-order valence-corrected chi connectivity index (χ2v) is 4.74. The van der Waals surface area contributed by atoms with Crippen molar-refractivity contribution in [3.05, 3.63) is 58.3 Å². The molecule has 0 aliphatic heterocycles. The van der Waals surface area contributed by atoms with E-state index < -0.39 is 17.7 Å². The second-order valence-electron chi connectivity index (χ2n) is 3.83. The van der Waals surface area contributed by atoms with Gasteiger partial charge in [-0.2, -0.15) is 4.39 Å². The van der Waals surface area contributed by atoms with E-state index in [1.807, 2.05) is 0 Å². The number of aromatic nitrogens is 1. The predicted molar refractivity (Wildman–Crippen MR) is 70.7 cm³/mol. The van der Waals surface area contributed by atoms with Crippen LogP contribution in [0.4, 0.5) is 8.78 Å². The van der Waals surface area contributed by atoms with Gasteiger partial charge in [0.2, 0.25) is 5.82 Å². The van der Waals surface area contributed by atoms with Gasteiger partial charge < -0.3 is 10.5 Å². The summed E-state index contributed by atoms with van der Waals surface area (Å²) in [4.78, 5) is 3.94. The van der Waals surface area contributed by atoms with Gasteiger partial charge in [-0.1, -0.05) is 22.0 Å². The molecule has 0 saturated carbocycles. The molecule has 0 aliphatic rings. The molecule has 0 amide bonds. The number of ether oxygens (including phenoxy) is 1. The summed E-state index contributed by atoms with van der Waals surface area (Å²) in [6.07, 6.45) is 2.59. The lowest BCUT2D eigenvalue weighted by Gasteiger charge is -2.18. The fraction of sp³-hybridized carbons (Fsp3) is 0.154. The second kappa shape index (κ2) is 6.08. The van der Waals surface area contributed by atoms with E-state index in [9.17, 15) is 8.78 Å². The molecule has 2 N–H and O–H groups in total. The number of rotatable bonds is 4. The fourth-order valence-electron chi connectivity index (χ4n) is 1.59. The van der Waals surface area contributed by atoms with Crippen LogP contribution in [-0.2, 0) is 0 Å². The first-order valence-electron chi connectivity index (χ1n) is 5.53. The zero-order valence-electron chi connectivity index (χ0n) is 9.82. The maximum absolute atomic E-state index is 13.6. The van der Waals surface area contributed by atoms with Crippen LogP contribution < -0.4 is 10.5 Å². The first-order valence-corrected chi connectivity index (χ1v) is 6.32. The molecule has 100 valence electrons. The number of pyridine rings is 1. The van der Waals surface area contributed by atoms with Crippen molar-refractivity contribution in [3.63, 3.8) is 0 Å². The summed E-state index contributed by atoms with van der Waals surface area (Å²) < 4.78 is 32.7. The van der Waals surface area contributed by atoms with Gasteiger partial charge in [-0.05, 0) is 18.2 Å². The highest BCUT2D eigenvalue weighted by molar-refractivity contribution is 9.10. The summed E-state index contributed by atoms with van der Waals surface area (Å²) in [5.41, 5.74) is 6.30. The lowest BCUT2D eigenvalue weighted by Crippen LogP contribution is -2.19. The first-order chi connectivity index (χ1) is 9.11. The molecule has 2 rings (SSSR count). The summed E-state index contributed by atoms with van der Waals surface area (Å²) in [5.74, 6) is -2.21. The third-order valence-corrected chi connectivity index (χ3v) is 2.96. The van der Waals surface area contributed by atoms with Crippen LogP contribution in [0.3, 0.4) is 0 Å². The molecule has 0 radical (unpaired) electrons. The van der Waals surface area contributed by atoms with Crippen molar-refractivity contribution < 1.29 is 13.5 Å². The van der Waals surface area contributed by atoms with Gasteiger partial charge in [-0.25, -0.2) is 4.39 Å². The third-order valence-electron chi connectivity index (χ3n) is 2.50. The molecule has 1 unspecified atom stereocenters. The van der Waals surface area contributed by atoms with Crippen molar-refractivity contribution in [2.24, 2.45) is 5.73 Å². The van der Waals surface area contributed by atoms with Crippen molar-refractivity contribution in [1.29, 1.82) is 0 Å². The SMILES string of the molecule is NCC(Oc1cc(Br)cc(F)c1F)c1cccnc1. The topological polar surface area (TPSA) is 48.1 Å². The molecular weight excluding hydrogens is 318 g/mol. The Kier molecular flexibility index (Phi) is 4.44. The number of nitrogens with two attached hydrogens (primary N) is 1. The van der Waals surface area contributed by atoms with Gasteiger partial charge in [0.05, 0.1) is 0 Å². The highest BCUT2D eigenvalue weighted by Gasteiger charge is 2.17. The molecule has 6 heteroatoms. The molecule has 2 aromatic rings. The normalized spacial score (nSPS) is 12.2. The Hall–Kier alpha value is -1.53. The molecule has 19 heavy (non-hydrogen) atoms. The van der Waals surface area contributed by atoms with Crippen LogP contribution in [0.15, 0.2) is 41.1 Å². The minimum absolute atomic E-state index is 0.124. The standard InChI is InChI=1S/C13H11BrF2N2O/c14-9-4-10(15)13(16)11(5-9)19-12(6-17)8-2-1-3-18-7-8/h1-5,7,12H,6,17H2. The van der Waals surface area contributed by atoms with Crippen LogP contribution in [0.25, 0.3) is 0 Å². The van der Waals surface area contributed by atoms with Gasteiger partial charge in [0.15, 0.2) is 11.6 Å². The van der Waals surface area contributed by atoms with Crippen LogP contribution in [0.5, 0.6) is 5.75 Å². The van der Waals surface area contributed by atoms with Crippen LogP contribution in [0.1, 0.15) is 11.7 Å². The van der Waals surface area contributed by atoms with E-state index in [4.69, 9.17) is 10.5 Å². The highest BCUT2D eigenvalue weighted by Crippen LogP contribution is 2.29. The Labute approximate surface area is 117 Å². The molecule has 1 heterocycles. The average Bonchev–Trinajstić information content (AvgIpc) is 2.42. The number of nitrogens with zero attached hydrogens (tertiary/aromatic N) is 1. The first kappa shape index (κ1) is 13.9. The van der Waals surface area contributed by atoms with Crippen molar-refractivity contribution in [3.8, 4) is 5.75 Å². The zero-order valence-corrected chi connectivity index (χ0v) is 11.4. The third kappa shape index (κ3) is 3.27. The Morgan fingerprint density at radius 1 is 1.37 bits per heavy atom. The van der Waals surface area contributed by atoms with E-state index >= 15 is 0 Å². The molecule has 3 nitrogen and oxygen atoms in total. The molecule has 0 bridgehead atoms. The Morgan fingerprint density at radius 2 is 2.16 bits per heavy atom. The number of hydrogen-bond acceptors (Lipinski definition) is 3. The van der Waals surface area contributed by atoms with Gasteiger partial charge in [0, 0.05) is 29.0 Å². The quantitative estimate of drug-likeness (QED) is 0.877. The molecule has 1 aromatic heterocycles. The van der Waals surface area contributed by atoms with Gasteiger partial charge in [0.1, 0.15) is 6.10 Å². The Balaban J connectivity index is 2.29. The van der Waals surface area contributed by atoms with Crippen LogP contribution in [0, 0.1) is 11.6 Å². The van der Waals surface area contributed by atoms with Gasteiger partial charge in [0.25, 0.3) is 0 Å². The van der Waals surface area contributed by atoms with Crippen LogP contribution in [0.2, 0.25) is 0 Å². The van der Waals surface area contributed by atoms with Crippen LogP contribution >= 0.6 is 15.9 Å². The van der Waals surface area contributed by atoms with E-state index in [-0.39, 0.29) is 12.3 Å². The van der Waals surface area contributed by atoms with E-state index in [1.165, 1.54) is 6.07 Å². The monoisotopic (exact) mass is 328 g/mol. The smallest absolute Gasteiger partial charge is 0.200 e. The minimum Gasteiger partial charge on any atom is -0.481 e. The zero-order chi connectivity index (χ0) is 13.8. The average molecular weight is 329 g/mol. The maximum atomic E-state index is 13.6.